The van der Waals surface area contributed by atoms with Gasteiger partial charge in [0.25, 0.3) is 0 Å². The van der Waals surface area contributed by atoms with Crippen molar-refractivity contribution in [3.8, 4) is 0 Å². The van der Waals surface area contributed by atoms with Crippen LogP contribution in [0.4, 0.5) is 0 Å². The molecule has 0 bridgehead atoms. The molecule has 184 valence electrons. The minimum atomic E-state index is 0.317. The van der Waals surface area contributed by atoms with Gasteiger partial charge in [-0.15, -0.1) is 0 Å². The van der Waals surface area contributed by atoms with Gasteiger partial charge in [0.15, 0.2) is 0 Å². The first-order chi connectivity index (χ1) is 14.0. The van der Waals surface area contributed by atoms with Crippen LogP contribution in [0.1, 0.15) is 130 Å². The maximum atomic E-state index is 2.72. The first-order valence-corrected chi connectivity index (χ1v) is 14.0. The molecule has 31 heavy (non-hydrogen) atoms. The summed E-state index contributed by atoms with van der Waals surface area (Å²) >= 11 is 0. The van der Waals surface area contributed by atoms with Crippen molar-refractivity contribution in [2.75, 3.05) is 0 Å². The van der Waals surface area contributed by atoms with E-state index in [1.165, 1.54) is 25.7 Å². The molecule has 0 heteroatoms. The lowest BCUT2D eigenvalue weighted by Crippen LogP contribution is -2.77. The highest BCUT2D eigenvalue weighted by Crippen LogP contribution is 2.83. The van der Waals surface area contributed by atoms with E-state index in [1.54, 1.807) is 0 Å². The van der Waals surface area contributed by atoms with Crippen molar-refractivity contribution >= 4 is 0 Å². The van der Waals surface area contributed by atoms with E-state index in [1.807, 2.05) is 0 Å². The van der Waals surface area contributed by atoms with Gasteiger partial charge in [0.2, 0.25) is 0 Å². The SMILES string of the molecule is CCC(C)CC(C)C1(CC)C(C(C)C(C)(C)CC)C(C)C2C(C)C(C)(C)C2(C)C1(C)C. The Bertz CT molecular complexity index is 624. The van der Waals surface area contributed by atoms with Crippen molar-refractivity contribution in [3.63, 3.8) is 0 Å². The first-order valence-electron chi connectivity index (χ1n) is 14.0. The Hall–Kier alpha value is 0. The van der Waals surface area contributed by atoms with E-state index in [0.717, 1.165) is 41.4 Å². The summed E-state index contributed by atoms with van der Waals surface area (Å²) < 4.78 is 0. The van der Waals surface area contributed by atoms with Crippen LogP contribution in [0.15, 0.2) is 0 Å². The Balaban J connectivity index is 2.80. The van der Waals surface area contributed by atoms with Crippen LogP contribution in [0.2, 0.25) is 0 Å². The fourth-order valence-corrected chi connectivity index (χ4v) is 10.2. The first kappa shape index (κ1) is 27.2. The molecule has 0 aromatic heterocycles. The number of rotatable bonds is 8. The lowest BCUT2D eigenvalue weighted by Gasteiger charge is -2.82. The normalized spacial score (nSPS) is 42.3. The molecule has 2 aliphatic rings. The highest BCUT2D eigenvalue weighted by atomic mass is 14.8. The van der Waals surface area contributed by atoms with E-state index >= 15 is 0 Å². The minimum Gasteiger partial charge on any atom is -0.0651 e. The molecule has 0 N–H and O–H groups in total. The summed E-state index contributed by atoms with van der Waals surface area (Å²) in [7, 11) is 0. The van der Waals surface area contributed by atoms with Crippen LogP contribution in [-0.4, -0.2) is 0 Å². The fraction of sp³-hybridized carbons (Fsp3) is 1.00. The van der Waals surface area contributed by atoms with Gasteiger partial charge < -0.3 is 0 Å². The maximum Gasteiger partial charge on any atom is -0.0182 e. The molecular formula is C31H60. The molecule has 0 aromatic rings. The van der Waals surface area contributed by atoms with Crippen LogP contribution in [0, 0.1) is 68.5 Å². The third-order valence-electron chi connectivity index (χ3n) is 13.5. The topological polar surface area (TPSA) is 0 Å². The maximum absolute atomic E-state index is 2.72. The quantitative estimate of drug-likeness (QED) is 0.358. The predicted molar refractivity (Wildman–Crippen MR) is 140 cm³/mol. The van der Waals surface area contributed by atoms with Crippen LogP contribution in [0.5, 0.6) is 0 Å². The summed E-state index contributed by atoms with van der Waals surface area (Å²) in [4.78, 5) is 0. The van der Waals surface area contributed by atoms with Gasteiger partial charge >= 0.3 is 0 Å². The van der Waals surface area contributed by atoms with Crippen molar-refractivity contribution in [1.82, 2.24) is 0 Å². The number of hydrogen-bond acceptors (Lipinski definition) is 0. The third-order valence-corrected chi connectivity index (χ3v) is 13.5. The molecule has 9 atom stereocenters. The van der Waals surface area contributed by atoms with Crippen LogP contribution in [0.3, 0.4) is 0 Å². The second kappa shape index (κ2) is 8.34. The molecule has 0 aromatic carbocycles. The Morgan fingerprint density at radius 1 is 0.871 bits per heavy atom. The molecule has 0 heterocycles. The molecule has 0 aliphatic heterocycles. The monoisotopic (exact) mass is 432 g/mol. The van der Waals surface area contributed by atoms with Gasteiger partial charge in [-0.1, -0.05) is 117 Å². The van der Waals surface area contributed by atoms with Gasteiger partial charge in [0.05, 0.1) is 0 Å². The Kier molecular flexibility index (Phi) is 7.33. The molecule has 2 aliphatic carbocycles. The summed E-state index contributed by atoms with van der Waals surface area (Å²) in [6, 6.07) is 0. The average molecular weight is 433 g/mol. The molecule has 0 saturated heterocycles. The largest absolute Gasteiger partial charge is 0.0651 e. The van der Waals surface area contributed by atoms with Crippen molar-refractivity contribution in [3.05, 3.63) is 0 Å². The number of fused-ring (bicyclic) bond motifs is 1. The third kappa shape index (κ3) is 3.26. The molecule has 2 fully saturated rings. The van der Waals surface area contributed by atoms with E-state index < -0.39 is 0 Å². The van der Waals surface area contributed by atoms with Crippen LogP contribution in [-0.2, 0) is 0 Å². The van der Waals surface area contributed by atoms with E-state index in [4.69, 9.17) is 0 Å². The van der Waals surface area contributed by atoms with Gasteiger partial charge in [-0.3, -0.25) is 0 Å². The molecule has 0 spiro atoms. The minimum absolute atomic E-state index is 0.317. The summed E-state index contributed by atoms with van der Waals surface area (Å²) in [5.74, 6) is 5.55. The molecule has 9 unspecified atom stereocenters. The van der Waals surface area contributed by atoms with Crippen molar-refractivity contribution < 1.29 is 0 Å². The standard InChI is InChI=1S/C31H60/c1-16-20(4)19-21(5)31(18-3)26(23(7)27(9,10)17-2)22(6)25-24(8)28(11,12)30(25,15)29(31,13)14/h20-26H,16-19H2,1-15H3. The molecule has 2 rings (SSSR count). The summed E-state index contributed by atoms with van der Waals surface area (Å²) in [5, 5.41) is 0. The van der Waals surface area contributed by atoms with Crippen LogP contribution in [0.25, 0.3) is 0 Å². The second-order valence-electron chi connectivity index (χ2n) is 14.4. The summed E-state index contributed by atoms with van der Waals surface area (Å²) in [5.41, 5.74) is 1.88. The summed E-state index contributed by atoms with van der Waals surface area (Å²) in [6.45, 7) is 38.9. The fourth-order valence-electron chi connectivity index (χ4n) is 10.2. The zero-order valence-corrected chi connectivity index (χ0v) is 24.4. The number of hydrogen-bond donors (Lipinski definition) is 0. The van der Waals surface area contributed by atoms with Crippen LogP contribution < -0.4 is 0 Å². The van der Waals surface area contributed by atoms with Crippen LogP contribution >= 0.6 is 0 Å². The van der Waals surface area contributed by atoms with Crippen molar-refractivity contribution in [2.24, 2.45) is 68.5 Å². The molecule has 0 radical (unpaired) electrons. The van der Waals surface area contributed by atoms with E-state index in [-0.39, 0.29) is 0 Å². The Labute approximate surface area is 198 Å². The summed E-state index contributed by atoms with van der Waals surface area (Å²) in [6.07, 6.45) is 5.29. The van der Waals surface area contributed by atoms with E-state index in [2.05, 4.69) is 104 Å². The molecular weight excluding hydrogens is 372 g/mol. The molecule has 2 saturated carbocycles. The van der Waals surface area contributed by atoms with Gasteiger partial charge in [0.1, 0.15) is 0 Å². The Morgan fingerprint density at radius 3 is 1.81 bits per heavy atom. The smallest absolute Gasteiger partial charge is 0.0182 e. The zero-order valence-electron chi connectivity index (χ0n) is 24.4. The highest BCUT2D eigenvalue weighted by Gasteiger charge is 2.78. The van der Waals surface area contributed by atoms with Crippen molar-refractivity contribution in [1.29, 1.82) is 0 Å². The highest BCUT2D eigenvalue weighted by molar-refractivity contribution is 5.25. The second-order valence-corrected chi connectivity index (χ2v) is 14.4. The van der Waals surface area contributed by atoms with Gasteiger partial charge in [0, 0.05) is 0 Å². The molecule has 0 nitrogen and oxygen atoms in total. The lowest BCUT2D eigenvalue weighted by molar-refractivity contribution is -0.351. The van der Waals surface area contributed by atoms with E-state index in [9.17, 15) is 0 Å². The van der Waals surface area contributed by atoms with Crippen molar-refractivity contribution in [2.45, 2.75) is 130 Å². The van der Waals surface area contributed by atoms with Gasteiger partial charge in [-0.25, -0.2) is 0 Å². The average Bonchev–Trinajstić information content (AvgIpc) is 2.69. The zero-order chi connectivity index (χ0) is 24.4. The Morgan fingerprint density at radius 2 is 1.39 bits per heavy atom. The predicted octanol–water partition coefficient (Wildman–Crippen LogP) is 10.1. The lowest BCUT2D eigenvalue weighted by atomic mass is 9.22. The van der Waals surface area contributed by atoms with E-state index in [0.29, 0.717) is 27.1 Å². The van der Waals surface area contributed by atoms with Gasteiger partial charge in [-0.05, 0) is 81.3 Å². The molecule has 0 amide bonds. The van der Waals surface area contributed by atoms with Gasteiger partial charge in [-0.2, -0.15) is 0 Å².